The molecule has 1 aromatic rings. The van der Waals surface area contributed by atoms with E-state index in [4.69, 9.17) is 5.11 Å². The van der Waals surface area contributed by atoms with Crippen molar-refractivity contribution in [2.45, 2.75) is 11.4 Å². The standard InChI is InChI=1S/C10H12BrNO2/c11-9(7-13)10(14)12-6-8-4-2-1-3-5-8/h1-5,9,13H,6-7H2,(H,12,14)/t9-/m0/s1. The smallest absolute Gasteiger partial charge is 0.236 e. The molecular formula is C10H12BrNO2. The number of alkyl halides is 1. The minimum Gasteiger partial charge on any atom is -0.395 e. The summed E-state index contributed by atoms with van der Waals surface area (Å²) < 4.78 is 0. The molecule has 0 radical (unpaired) electrons. The summed E-state index contributed by atoms with van der Waals surface area (Å²) in [5.41, 5.74) is 1.04. The Morgan fingerprint density at radius 3 is 2.64 bits per heavy atom. The van der Waals surface area contributed by atoms with Crippen LogP contribution in [0.25, 0.3) is 0 Å². The number of aliphatic hydroxyl groups excluding tert-OH is 1. The van der Waals surface area contributed by atoms with Crippen molar-refractivity contribution in [1.29, 1.82) is 0 Å². The highest BCUT2D eigenvalue weighted by Crippen LogP contribution is 2.00. The van der Waals surface area contributed by atoms with Gasteiger partial charge in [-0.05, 0) is 5.56 Å². The Kier molecular flexibility index (Phi) is 4.62. The van der Waals surface area contributed by atoms with Crippen LogP contribution in [0, 0.1) is 0 Å². The summed E-state index contributed by atoms with van der Waals surface area (Å²) in [7, 11) is 0. The molecule has 0 aromatic heterocycles. The Morgan fingerprint density at radius 2 is 2.07 bits per heavy atom. The topological polar surface area (TPSA) is 49.3 Å². The Labute approximate surface area is 91.3 Å². The minimum absolute atomic E-state index is 0.194. The highest BCUT2D eigenvalue weighted by atomic mass is 79.9. The fraction of sp³-hybridized carbons (Fsp3) is 0.300. The lowest BCUT2D eigenvalue weighted by Crippen LogP contribution is -2.32. The van der Waals surface area contributed by atoms with Crippen LogP contribution in [0.2, 0.25) is 0 Å². The fourth-order valence-corrected chi connectivity index (χ4v) is 1.14. The molecule has 1 atom stereocenters. The van der Waals surface area contributed by atoms with Gasteiger partial charge in [0.15, 0.2) is 0 Å². The second-order valence-electron chi connectivity index (χ2n) is 2.85. The van der Waals surface area contributed by atoms with E-state index in [9.17, 15) is 4.79 Å². The van der Waals surface area contributed by atoms with Crippen LogP contribution in [0.15, 0.2) is 30.3 Å². The average Bonchev–Trinajstić information content (AvgIpc) is 2.26. The van der Waals surface area contributed by atoms with Crippen molar-refractivity contribution in [1.82, 2.24) is 5.32 Å². The number of nitrogens with one attached hydrogen (secondary N) is 1. The number of aliphatic hydroxyl groups is 1. The third-order valence-electron chi connectivity index (χ3n) is 1.75. The molecule has 0 fully saturated rings. The molecule has 0 saturated carbocycles. The number of carbonyl (C=O) groups is 1. The number of hydrogen-bond donors (Lipinski definition) is 2. The van der Waals surface area contributed by atoms with Gasteiger partial charge in [-0.2, -0.15) is 0 Å². The van der Waals surface area contributed by atoms with E-state index >= 15 is 0 Å². The van der Waals surface area contributed by atoms with Crippen LogP contribution in [-0.2, 0) is 11.3 Å². The first-order valence-electron chi connectivity index (χ1n) is 4.30. The van der Waals surface area contributed by atoms with Crippen molar-refractivity contribution in [2.24, 2.45) is 0 Å². The van der Waals surface area contributed by atoms with Crippen molar-refractivity contribution >= 4 is 21.8 Å². The van der Waals surface area contributed by atoms with Gasteiger partial charge in [0.1, 0.15) is 4.83 Å². The largest absolute Gasteiger partial charge is 0.395 e. The fourth-order valence-electron chi connectivity index (χ4n) is 0.979. The van der Waals surface area contributed by atoms with E-state index in [0.29, 0.717) is 6.54 Å². The van der Waals surface area contributed by atoms with Crippen LogP contribution in [0.4, 0.5) is 0 Å². The van der Waals surface area contributed by atoms with Crippen LogP contribution in [0.3, 0.4) is 0 Å². The molecule has 1 amide bonds. The maximum absolute atomic E-state index is 11.2. The van der Waals surface area contributed by atoms with E-state index in [1.54, 1.807) is 0 Å². The van der Waals surface area contributed by atoms with Gasteiger partial charge in [0.25, 0.3) is 0 Å². The van der Waals surface area contributed by atoms with Crippen molar-refractivity contribution in [3.63, 3.8) is 0 Å². The molecule has 1 rings (SSSR count). The summed E-state index contributed by atoms with van der Waals surface area (Å²) >= 11 is 3.05. The predicted octanol–water partition coefficient (Wildman–Crippen LogP) is 1.06. The van der Waals surface area contributed by atoms with Gasteiger partial charge in [-0.3, -0.25) is 4.79 Å². The van der Waals surface area contributed by atoms with E-state index in [-0.39, 0.29) is 12.5 Å². The van der Waals surface area contributed by atoms with Crippen LogP contribution in [-0.4, -0.2) is 22.4 Å². The normalized spacial score (nSPS) is 12.1. The Balaban J connectivity index is 2.38. The SMILES string of the molecule is O=C(NCc1ccccc1)[C@@H](Br)CO. The summed E-state index contributed by atoms with van der Waals surface area (Å²) in [6.07, 6.45) is 0. The molecule has 0 saturated heterocycles. The van der Waals surface area contributed by atoms with Gasteiger partial charge in [0.2, 0.25) is 5.91 Å². The lowest BCUT2D eigenvalue weighted by molar-refractivity contribution is -0.121. The number of rotatable bonds is 4. The molecule has 1 aromatic carbocycles. The Bertz CT molecular complexity index is 289. The monoisotopic (exact) mass is 257 g/mol. The van der Waals surface area contributed by atoms with Gasteiger partial charge in [-0.15, -0.1) is 0 Å². The van der Waals surface area contributed by atoms with Gasteiger partial charge >= 0.3 is 0 Å². The summed E-state index contributed by atoms with van der Waals surface area (Å²) in [4.78, 5) is 10.7. The van der Waals surface area contributed by atoms with Crippen LogP contribution in [0.1, 0.15) is 5.56 Å². The zero-order chi connectivity index (χ0) is 10.4. The molecule has 0 aliphatic rings. The quantitative estimate of drug-likeness (QED) is 0.793. The number of halogens is 1. The molecule has 0 unspecified atom stereocenters. The van der Waals surface area contributed by atoms with E-state index < -0.39 is 4.83 Å². The van der Waals surface area contributed by atoms with Crippen LogP contribution in [0.5, 0.6) is 0 Å². The molecule has 0 bridgehead atoms. The first-order valence-corrected chi connectivity index (χ1v) is 5.22. The van der Waals surface area contributed by atoms with Crippen molar-refractivity contribution in [3.05, 3.63) is 35.9 Å². The van der Waals surface area contributed by atoms with Crippen molar-refractivity contribution in [3.8, 4) is 0 Å². The lowest BCUT2D eigenvalue weighted by atomic mass is 10.2. The maximum atomic E-state index is 11.2. The summed E-state index contributed by atoms with van der Waals surface area (Å²) in [6, 6.07) is 9.62. The average molecular weight is 258 g/mol. The zero-order valence-electron chi connectivity index (χ0n) is 7.61. The number of hydrogen-bond acceptors (Lipinski definition) is 2. The molecule has 4 heteroatoms. The molecule has 2 N–H and O–H groups in total. The van der Waals surface area contributed by atoms with E-state index in [1.807, 2.05) is 30.3 Å². The van der Waals surface area contributed by atoms with Gasteiger partial charge in [0.05, 0.1) is 6.61 Å². The van der Waals surface area contributed by atoms with Crippen LogP contribution < -0.4 is 5.32 Å². The highest BCUT2D eigenvalue weighted by Gasteiger charge is 2.11. The Hall–Kier alpha value is -0.870. The van der Waals surface area contributed by atoms with Gasteiger partial charge in [0, 0.05) is 6.54 Å². The highest BCUT2D eigenvalue weighted by molar-refractivity contribution is 9.10. The molecular weight excluding hydrogens is 246 g/mol. The second kappa shape index (κ2) is 5.78. The Morgan fingerprint density at radius 1 is 1.43 bits per heavy atom. The zero-order valence-corrected chi connectivity index (χ0v) is 9.20. The van der Waals surface area contributed by atoms with Crippen LogP contribution >= 0.6 is 15.9 Å². The van der Waals surface area contributed by atoms with Crippen molar-refractivity contribution in [2.75, 3.05) is 6.61 Å². The molecule has 76 valence electrons. The molecule has 0 heterocycles. The number of benzene rings is 1. The van der Waals surface area contributed by atoms with E-state index in [0.717, 1.165) is 5.56 Å². The first kappa shape index (κ1) is 11.2. The third kappa shape index (κ3) is 3.47. The van der Waals surface area contributed by atoms with E-state index in [2.05, 4.69) is 21.2 Å². The molecule has 3 nitrogen and oxygen atoms in total. The molecule has 0 aliphatic heterocycles. The summed E-state index contributed by atoms with van der Waals surface area (Å²) in [5.74, 6) is -0.198. The summed E-state index contributed by atoms with van der Waals surface area (Å²) in [6.45, 7) is 0.294. The second-order valence-corrected chi connectivity index (χ2v) is 3.96. The van der Waals surface area contributed by atoms with Gasteiger partial charge < -0.3 is 10.4 Å². The number of carbonyl (C=O) groups excluding carboxylic acids is 1. The van der Waals surface area contributed by atoms with Crippen molar-refractivity contribution < 1.29 is 9.90 Å². The summed E-state index contributed by atoms with van der Waals surface area (Å²) in [5, 5.41) is 11.4. The van der Waals surface area contributed by atoms with Gasteiger partial charge in [-0.25, -0.2) is 0 Å². The number of amides is 1. The van der Waals surface area contributed by atoms with E-state index in [1.165, 1.54) is 0 Å². The molecule has 0 aliphatic carbocycles. The van der Waals surface area contributed by atoms with Gasteiger partial charge in [-0.1, -0.05) is 46.3 Å². The first-order chi connectivity index (χ1) is 6.74. The molecule has 14 heavy (non-hydrogen) atoms. The third-order valence-corrected chi connectivity index (χ3v) is 2.46. The maximum Gasteiger partial charge on any atom is 0.236 e. The molecule has 0 spiro atoms. The lowest BCUT2D eigenvalue weighted by Gasteiger charge is -2.07. The minimum atomic E-state index is -0.522. The predicted molar refractivity (Wildman–Crippen MR) is 58.1 cm³/mol.